The van der Waals surface area contributed by atoms with Crippen LogP contribution in [0.1, 0.15) is 47.1 Å². The van der Waals surface area contributed by atoms with Gasteiger partial charge in [-0.1, -0.05) is 25.5 Å². The average Bonchev–Trinajstić information content (AvgIpc) is 3.37. The smallest absolute Gasteiger partial charge is 0.338 e. The molecule has 2 amide bonds. The zero-order valence-electron chi connectivity index (χ0n) is 22.6. The van der Waals surface area contributed by atoms with Crippen LogP contribution in [0.2, 0.25) is 0 Å². The molecule has 0 spiro atoms. The highest BCUT2D eigenvalue weighted by molar-refractivity contribution is 8.18. The van der Waals surface area contributed by atoms with E-state index in [1.165, 1.54) is 4.90 Å². The van der Waals surface area contributed by atoms with Crippen LogP contribution in [-0.4, -0.2) is 53.5 Å². The molecular weight excluding hydrogens is 516 g/mol. The molecule has 3 aromatic rings. The molecule has 0 radical (unpaired) electrons. The van der Waals surface area contributed by atoms with Crippen LogP contribution in [0.5, 0.6) is 11.5 Å². The number of ether oxygens (including phenoxy) is 3. The van der Waals surface area contributed by atoms with Gasteiger partial charge in [0.15, 0.2) is 11.5 Å². The van der Waals surface area contributed by atoms with Gasteiger partial charge in [-0.3, -0.25) is 14.5 Å². The number of aromatic nitrogens is 1. The SMILES string of the molecule is CCCCOC(=O)c1ccc(-n2c(C)cc(/C=C3\SC(=O)N(CCOc4ccccc4OC)C3=O)c2C)cc1. The molecule has 39 heavy (non-hydrogen) atoms. The Hall–Kier alpha value is -3.98. The first kappa shape index (κ1) is 28.0. The first-order valence-corrected chi connectivity index (χ1v) is 13.6. The van der Waals surface area contributed by atoms with Crippen LogP contribution in [-0.2, 0) is 9.53 Å². The average molecular weight is 549 g/mol. The van der Waals surface area contributed by atoms with Gasteiger partial charge >= 0.3 is 5.97 Å². The highest BCUT2D eigenvalue weighted by Gasteiger charge is 2.35. The van der Waals surface area contributed by atoms with E-state index in [9.17, 15) is 14.4 Å². The van der Waals surface area contributed by atoms with E-state index in [0.717, 1.165) is 47.2 Å². The van der Waals surface area contributed by atoms with Gasteiger partial charge in [0.1, 0.15) is 6.61 Å². The van der Waals surface area contributed by atoms with Crippen LogP contribution < -0.4 is 9.47 Å². The molecule has 2 aromatic carbocycles. The summed E-state index contributed by atoms with van der Waals surface area (Å²) in [5, 5.41) is -0.329. The molecule has 8 nitrogen and oxygen atoms in total. The van der Waals surface area contributed by atoms with Crippen LogP contribution in [0.3, 0.4) is 0 Å². The molecule has 0 saturated carbocycles. The Morgan fingerprint density at radius 3 is 2.41 bits per heavy atom. The van der Waals surface area contributed by atoms with Crippen molar-refractivity contribution in [1.82, 2.24) is 9.47 Å². The Labute approximate surface area is 232 Å². The quantitative estimate of drug-likeness (QED) is 0.161. The van der Waals surface area contributed by atoms with E-state index < -0.39 is 0 Å². The van der Waals surface area contributed by atoms with E-state index in [-0.39, 0.29) is 30.3 Å². The number of benzene rings is 2. The standard InChI is InChI=1S/C30H32N2O6S/c1-5-6-16-38-29(34)22-11-13-24(14-12-22)32-20(2)18-23(21(32)3)19-27-28(33)31(30(35)39-27)15-17-37-26-10-8-7-9-25(26)36-4/h7-14,18-19H,5-6,15-17H2,1-4H3/b27-19-. The van der Waals surface area contributed by atoms with Crippen molar-refractivity contribution < 1.29 is 28.6 Å². The number of amides is 2. The lowest BCUT2D eigenvalue weighted by Crippen LogP contribution is -2.32. The summed E-state index contributed by atoms with van der Waals surface area (Å²) in [4.78, 5) is 39.4. The lowest BCUT2D eigenvalue weighted by Gasteiger charge is -2.14. The number of nitrogens with zero attached hydrogens (tertiary/aromatic N) is 2. The Bertz CT molecular complexity index is 1390. The van der Waals surface area contributed by atoms with E-state index in [2.05, 4.69) is 0 Å². The number of carbonyl (C=O) groups is 3. The summed E-state index contributed by atoms with van der Waals surface area (Å²) in [7, 11) is 1.56. The normalized spacial score (nSPS) is 14.3. The molecule has 1 aliphatic heterocycles. The van der Waals surface area contributed by atoms with Gasteiger partial charge in [0.2, 0.25) is 0 Å². The molecule has 1 saturated heterocycles. The summed E-state index contributed by atoms with van der Waals surface area (Å²) in [6.45, 7) is 6.67. The summed E-state index contributed by atoms with van der Waals surface area (Å²) in [6, 6.07) is 16.4. The summed E-state index contributed by atoms with van der Waals surface area (Å²) in [5.41, 5.74) is 4.10. The summed E-state index contributed by atoms with van der Waals surface area (Å²) in [5.74, 6) is 0.463. The second kappa shape index (κ2) is 12.7. The molecule has 1 aromatic heterocycles. The Balaban J connectivity index is 1.45. The van der Waals surface area contributed by atoms with Crippen molar-refractivity contribution in [3.05, 3.63) is 82.0 Å². The number of aryl methyl sites for hydroxylation is 1. The number of methoxy groups -OCH3 is 1. The minimum Gasteiger partial charge on any atom is -0.493 e. The van der Waals surface area contributed by atoms with Gasteiger partial charge < -0.3 is 18.8 Å². The molecule has 2 heterocycles. The molecule has 0 bridgehead atoms. The van der Waals surface area contributed by atoms with Gasteiger partial charge in [-0.15, -0.1) is 0 Å². The molecule has 204 valence electrons. The van der Waals surface area contributed by atoms with Crippen molar-refractivity contribution in [2.75, 3.05) is 26.9 Å². The third kappa shape index (κ3) is 6.37. The van der Waals surface area contributed by atoms with Gasteiger partial charge in [0.25, 0.3) is 11.1 Å². The molecule has 9 heteroatoms. The largest absolute Gasteiger partial charge is 0.493 e. The second-order valence-electron chi connectivity index (χ2n) is 9.03. The highest BCUT2D eigenvalue weighted by atomic mass is 32.2. The number of carbonyl (C=O) groups excluding carboxylic acids is 3. The fourth-order valence-corrected chi connectivity index (χ4v) is 5.15. The molecule has 1 aliphatic rings. The molecule has 4 rings (SSSR count). The fourth-order valence-electron chi connectivity index (χ4n) is 4.29. The summed E-state index contributed by atoms with van der Waals surface area (Å²) >= 11 is 0.921. The lowest BCUT2D eigenvalue weighted by atomic mass is 10.2. The van der Waals surface area contributed by atoms with Gasteiger partial charge in [0.05, 0.1) is 30.7 Å². The van der Waals surface area contributed by atoms with E-state index in [4.69, 9.17) is 14.2 Å². The molecule has 0 unspecified atom stereocenters. The van der Waals surface area contributed by atoms with E-state index >= 15 is 0 Å². The minimum absolute atomic E-state index is 0.131. The first-order valence-electron chi connectivity index (χ1n) is 12.8. The molecule has 0 aliphatic carbocycles. The summed E-state index contributed by atoms with van der Waals surface area (Å²) in [6.07, 6.45) is 3.56. The van der Waals surface area contributed by atoms with Crippen molar-refractivity contribution in [3.63, 3.8) is 0 Å². The van der Waals surface area contributed by atoms with E-state index in [0.29, 0.717) is 28.6 Å². The topological polar surface area (TPSA) is 87.1 Å². The van der Waals surface area contributed by atoms with Crippen LogP contribution in [0.25, 0.3) is 11.8 Å². The zero-order chi connectivity index (χ0) is 27.9. The van der Waals surface area contributed by atoms with Crippen molar-refractivity contribution in [2.45, 2.75) is 33.6 Å². The Kier molecular flexibility index (Phi) is 9.14. The predicted octanol–water partition coefficient (Wildman–Crippen LogP) is 6.17. The third-order valence-electron chi connectivity index (χ3n) is 6.36. The van der Waals surface area contributed by atoms with Gasteiger partial charge in [-0.2, -0.15) is 0 Å². The van der Waals surface area contributed by atoms with Gasteiger partial charge in [0, 0.05) is 17.1 Å². The Morgan fingerprint density at radius 1 is 1.00 bits per heavy atom. The number of hydrogen-bond acceptors (Lipinski definition) is 7. The highest BCUT2D eigenvalue weighted by Crippen LogP contribution is 2.34. The van der Waals surface area contributed by atoms with Crippen molar-refractivity contribution in [1.29, 1.82) is 0 Å². The zero-order valence-corrected chi connectivity index (χ0v) is 23.4. The van der Waals surface area contributed by atoms with Crippen LogP contribution >= 0.6 is 11.8 Å². The first-order chi connectivity index (χ1) is 18.8. The van der Waals surface area contributed by atoms with Crippen LogP contribution in [0.15, 0.2) is 59.5 Å². The summed E-state index contributed by atoms with van der Waals surface area (Å²) < 4.78 is 18.4. The van der Waals surface area contributed by atoms with Gasteiger partial charge in [-0.25, -0.2) is 4.79 Å². The van der Waals surface area contributed by atoms with Crippen LogP contribution in [0.4, 0.5) is 4.79 Å². The monoisotopic (exact) mass is 548 g/mol. The number of rotatable bonds is 11. The maximum atomic E-state index is 13.0. The van der Waals surface area contributed by atoms with Crippen molar-refractivity contribution in [3.8, 4) is 17.2 Å². The van der Waals surface area contributed by atoms with Gasteiger partial charge in [-0.05, 0) is 86.1 Å². The van der Waals surface area contributed by atoms with Crippen molar-refractivity contribution in [2.24, 2.45) is 0 Å². The predicted molar refractivity (Wildman–Crippen MR) is 152 cm³/mol. The molecule has 1 fully saturated rings. The fraction of sp³-hybridized carbons (Fsp3) is 0.300. The number of imide groups is 1. The number of unbranched alkanes of at least 4 members (excludes halogenated alkanes) is 1. The molecule has 0 atom stereocenters. The number of para-hydroxylation sites is 2. The number of hydrogen-bond donors (Lipinski definition) is 0. The lowest BCUT2D eigenvalue weighted by molar-refractivity contribution is -0.123. The van der Waals surface area contributed by atoms with E-state index in [1.807, 2.05) is 55.7 Å². The van der Waals surface area contributed by atoms with Crippen LogP contribution in [0, 0.1) is 13.8 Å². The molecular formula is C30H32N2O6S. The van der Waals surface area contributed by atoms with E-state index in [1.54, 1.807) is 37.5 Å². The maximum Gasteiger partial charge on any atom is 0.338 e. The third-order valence-corrected chi connectivity index (χ3v) is 7.27. The minimum atomic E-state index is -0.343. The van der Waals surface area contributed by atoms with Crippen molar-refractivity contribution >= 4 is 35.0 Å². The Morgan fingerprint density at radius 2 is 1.72 bits per heavy atom. The second-order valence-corrected chi connectivity index (χ2v) is 10.0. The maximum absolute atomic E-state index is 13.0. The molecule has 0 N–H and O–H groups in total. The number of esters is 1. The number of thioether (sulfide) groups is 1.